The van der Waals surface area contributed by atoms with Crippen LogP contribution in [-0.4, -0.2) is 48.6 Å². The molecule has 20 heavy (non-hydrogen) atoms. The first-order valence-corrected chi connectivity index (χ1v) is 6.16. The van der Waals surface area contributed by atoms with E-state index in [4.69, 9.17) is 5.11 Å². The van der Waals surface area contributed by atoms with Crippen molar-refractivity contribution in [1.82, 2.24) is 4.90 Å². The number of piperazine rings is 1. The van der Waals surface area contributed by atoms with Gasteiger partial charge in [-0.3, -0.25) is 4.79 Å². The Labute approximate surface area is 115 Å². The Morgan fingerprint density at radius 3 is 2.75 bits per heavy atom. The van der Waals surface area contributed by atoms with Crippen LogP contribution in [0.4, 0.5) is 10.1 Å². The standard InChI is InChI=1S/C14H15FN2O3/c1-16-4-5-17(9-13(16)18)12-7-10(2-3-14(19)20)6-11(15)8-12/h2-3,6-8H,4-5,9H2,1H3,(H,19,20)/b3-2+. The summed E-state index contributed by atoms with van der Waals surface area (Å²) in [4.78, 5) is 25.6. The largest absolute Gasteiger partial charge is 0.478 e. The maximum Gasteiger partial charge on any atom is 0.328 e. The van der Waals surface area contributed by atoms with E-state index in [2.05, 4.69) is 0 Å². The average molecular weight is 278 g/mol. The lowest BCUT2D eigenvalue weighted by Crippen LogP contribution is -2.48. The maximum atomic E-state index is 13.6. The highest BCUT2D eigenvalue weighted by Crippen LogP contribution is 2.21. The van der Waals surface area contributed by atoms with E-state index in [0.29, 0.717) is 24.3 Å². The highest BCUT2D eigenvalue weighted by molar-refractivity contribution is 5.86. The predicted octanol–water partition coefficient (Wildman–Crippen LogP) is 1.20. The number of carboxylic acids is 1. The van der Waals surface area contributed by atoms with Crippen LogP contribution >= 0.6 is 0 Å². The lowest BCUT2D eigenvalue weighted by atomic mass is 10.1. The average Bonchev–Trinajstić information content (AvgIpc) is 2.39. The normalized spacial score (nSPS) is 16.0. The molecule has 0 bridgehead atoms. The molecule has 1 heterocycles. The molecule has 2 rings (SSSR count). The third-order valence-electron chi connectivity index (χ3n) is 3.15. The van der Waals surface area contributed by atoms with Gasteiger partial charge in [0, 0.05) is 31.9 Å². The SMILES string of the molecule is CN1CCN(c2cc(F)cc(/C=C/C(=O)O)c2)CC1=O. The zero-order valence-corrected chi connectivity index (χ0v) is 11.0. The van der Waals surface area contributed by atoms with E-state index in [1.165, 1.54) is 18.2 Å². The lowest BCUT2D eigenvalue weighted by Gasteiger charge is -2.33. The topological polar surface area (TPSA) is 60.9 Å². The van der Waals surface area contributed by atoms with Gasteiger partial charge in [-0.1, -0.05) is 0 Å². The second kappa shape index (κ2) is 5.73. The maximum absolute atomic E-state index is 13.6. The Morgan fingerprint density at radius 1 is 1.35 bits per heavy atom. The molecule has 0 spiro atoms. The Kier molecular flexibility index (Phi) is 4.02. The Bertz CT molecular complexity index is 572. The zero-order chi connectivity index (χ0) is 14.7. The fourth-order valence-electron chi connectivity index (χ4n) is 2.02. The summed E-state index contributed by atoms with van der Waals surface area (Å²) in [5.74, 6) is -1.58. The van der Waals surface area contributed by atoms with Gasteiger partial charge in [0.05, 0.1) is 6.54 Å². The van der Waals surface area contributed by atoms with Crippen LogP contribution in [-0.2, 0) is 9.59 Å². The van der Waals surface area contributed by atoms with Crippen LogP contribution in [0.15, 0.2) is 24.3 Å². The van der Waals surface area contributed by atoms with Crippen molar-refractivity contribution in [3.63, 3.8) is 0 Å². The number of carbonyl (C=O) groups is 2. The number of aliphatic carboxylic acids is 1. The third-order valence-corrected chi connectivity index (χ3v) is 3.15. The van der Waals surface area contributed by atoms with Gasteiger partial charge in [0.1, 0.15) is 5.82 Å². The molecule has 1 amide bonds. The van der Waals surface area contributed by atoms with E-state index in [1.54, 1.807) is 22.9 Å². The highest BCUT2D eigenvalue weighted by atomic mass is 19.1. The molecule has 1 saturated heterocycles. The van der Waals surface area contributed by atoms with Gasteiger partial charge >= 0.3 is 5.97 Å². The summed E-state index contributed by atoms with van der Waals surface area (Å²) in [6, 6.07) is 4.26. The van der Waals surface area contributed by atoms with Crippen molar-refractivity contribution in [2.45, 2.75) is 0 Å². The van der Waals surface area contributed by atoms with Crippen molar-refractivity contribution >= 4 is 23.6 Å². The molecule has 1 aliphatic rings. The molecule has 6 heteroatoms. The molecule has 0 aromatic heterocycles. The quantitative estimate of drug-likeness (QED) is 0.844. The summed E-state index contributed by atoms with van der Waals surface area (Å²) in [5, 5.41) is 8.58. The fraction of sp³-hybridized carbons (Fsp3) is 0.286. The number of hydrogen-bond acceptors (Lipinski definition) is 3. The molecule has 1 aromatic rings. The molecule has 5 nitrogen and oxygen atoms in total. The molecule has 1 N–H and O–H groups in total. The first-order chi connectivity index (χ1) is 9.45. The minimum absolute atomic E-state index is 0.0249. The summed E-state index contributed by atoms with van der Waals surface area (Å²) in [6.07, 6.45) is 2.28. The summed E-state index contributed by atoms with van der Waals surface area (Å²) in [6.45, 7) is 1.39. The van der Waals surface area contributed by atoms with Gasteiger partial charge in [-0.25, -0.2) is 9.18 Å². The third kappa shape index (κ3) is 3.34. The predicted molar refractivity (Wildman–Crippen MR) is 72.9 cm³/mol. The first kappa shape index (κ1) is 14.0. The molecule has 1 aliphatic heterocycles. The molecule has 0 atom stereocenters. The zero-order valence-electron chi connectivity index (χ0n) is 11.0. The van der Waals surface area contributed by atoms with Crippen LogP contribution < -0.4 is 4.90 Å². The number of carboxylic acid groups (broad SMARTS) is 1. The molecule has 0 aliphatic carbocycles. The van der Waals surface area contributed by atoms with Crippen LogP contribution in [0.3, 0.4) is 0 Å². The van der Waals surface area contributed by atoms with Crippen LogP contribution in [0.2, 0.25) is 0 Å². The van der Waals surface area contributed by atoms with E-state index < -0.39 is 11.8 Å². The van der Waals surface area contributed by atoms with E-state index in [0.717, 1.165) is 6.08 Å². The number of benzene rings is 1. The van der Waals surface area contributed by atoms with E-state index >= 15 is 0 Å². The van der Waals surface area contributed by atoms with Gasteiger partial charge in [0.2, 0.25) is 5.91 Å². The van der Waals surface area contributed by atoms with Crippen molar-refractivity contribution in [3.8, 4) is 0 Å². The number of hydrogen-bond donors (Lipinski definition) is 1. The first-order valence-electron chi connectivity index (χ1n) is 6.16. The molecular weight excluding hydrogens is 263 g/mol. The number of amides is 1. The van der Waals surface area contributed by atoms with Crippen molar-refractivity contribution in [2.24, 2.45) is 0 Å². The van der Waals surface area contributed by atoms with E-state index in [9.17, 15) is 14.0 Å². The number of likely N-dealkylation sites (N-methyl/N-ethyl adjacent to an activating group) is 1. The summed E-state index contributed by atoms with van der Waals surface area (Å²) in [7, 11) is 1.73. The minimum Gasteiger partial charge on any atom is -0.478 e. The van der Waals surface area contributed by atoms with Crippen molar-refractivity contribution in [2.75, 3.05) is 31.6 Å². The number of nitrogens with zero attached hydrogens (tertiary/aromatic N) is 2. The number of rotatable bonds is 3. The molecule has 0 saturated carbocycles. The van der Waals surface area contributed by atoms with Crippen LogP contribution in [0.1, 0.15) is 5.56 Å². The molecule has 1 aromatic carbocycles. The Morgan fingerprint density at radius 2 is 2.10 bits per heavy atom. The summed E-state index contributed by atoms with van der Waals surface area (Å²) >= 11 is 0. The van der Waals surface area contributed by atoms with Gasteiger partial charge < -0.3 is 14.9 Å². The number of halogens is 1. The van der Waals surface area contributed by atoms with Gasteiger partial charge in [-0.05, 0) is 29.8 Å². The van der Waals surface area contributed by atoms with Crippen molar-refractivity contribution in [1.29, 1.82) is 0 Å². The fourth-order valence-corrected chi connectivity index (χ4v) is 2.02. The summed E-state index contributed by atoms with van der Waals surface area (Å²) in [5.41, 5.74) is 1.03. The second-order valence-electron chi connectivity index (χ2n) is 4.65. The molecule has 0 unspecified atom stereocenters. The molecular formula is C14H15FN2O3. The smallest absolute Gasteiger partial charge is 0.328 e. The number of carbonyl (C=O) groups excluding carboxylic acids is 1. The van der Waals surface area contributed by atoms with Gasteiger partial charge in [-0.15, -0.1) is 0 Å². The van der Waals surface area contributed by atoms with Gasteiger partial charge in [-0.2, -0.15) is 0 Å². The monoisotopic (exact) mass is 278 g/mol. The van der Waals surface area contributed by atoms with E-state index in [1.807, 2.05) is 0 Å². The number of anilines is 1. The van der Waals surface area contributed by atoms with Crippen molar-refractivity contribution in [3.05, 3.63) is 35.7 Å². The Balaban J connectivity index is 2.24. The highest BCUT2D eigenvalue weighted by Gasteiger charge is 2.21. The van der Waals surface area contributed by atoms with Crippen LogP contribution in [0.5, 0.6) is 0 Å². The van der Waals surface area contributed by atoms with Gasteiger partial charge in [0.15, 0.2) is 0 Å². The Hall–Kier alpha value is -2.37. The molecule has 106 valence electrons. The summed E-state index contributed by atoms with van der Waals surface area (Å²) < 4.78 is 13.6. The van der Waals surface area contributed by atoms with Crippen LogP contribution in [0.25, 0.3) is 6.08 Å². The van der Waals surface area contributed by atoms with E-state index in [-0.39, 0.29) is 12.5 Å². The minimum atomic E-state index is -1.09. The van der Waals surface area contributed by atoms with Gasteiger partial charge in [0.25, 0.3) is 0 Å². The lowest BCUT2D eigenvalue weighted by molar-refractivity contribution is -0.131. The molecule has 0 radical (unpaired) electrons. The van der Waals surface area contributed by atoms with Crippen molar-refractivity contribution < 1.29 is 19.1 Å². The molecule has 1 fully saturated rings. The second-order valence-corrected chi connectivity index (χ2v) is 4.65. The van der Waals surface area contributed by atoms with Crippen LogP contribution in [0, 0.1) is 5.82 Å².